The second-order valence-corrected chi connectivity index (χ2v) is 14.0. The van der Waals surface area contributed by atoms with Gasteiger partial charge < -0.3 is 8.98 Å². The normalized spacial score (nSPS) is 11.6. The minimum atomic E-state index is 0.552. The fourth-order valence-corrected chi connectivity index (χ4v) is 7.98. The average Bonchev–Trinajstić information content (AvgIpc) is 3.83. The van der Waals surface area contributed by atoms with E-state index in [0.717, 1.165) is 66.5 Å². The number of nitrogens with zero attached hydrogens (tertiary/aromatic N) is 4. The summed E-state index contributed by atoms with van der Waals surface area (Å²) in [7, 11) is 0. The zero-order valence-electron chi connectivity index (χ0n) is 30.2. The predicted octanol–water partition coefficient (Wildman–Crippen LogP) is 13.2. The van der Waals surface area contributed by atoms with Crippen molar-refractivity contribution in [2.24, 2.45) is 0 Å². The maximum Gasteiger partial charge on any atom is 0.167 e. The van der Waals surface area contributed by atoms with Crippen molar-refractivity contribution in [2.75, 3.05) is 0 Å². The van der Waals surface area contributed by atoms with Crippen LogP contribution in [-0.4, -0.2) is 19.5 Å². The van der Waals surface area contributed by atoms with E-state index >= 15 is 0 Å². The Kier molecular flexibility index (Phi) is 7.42. The second-order valence-electron chi connectivity index (χ2n) is 14.0. The van der Waals surface area contributed by atoms with Gasteiger partial charge in [-0.25, -0.2) is 15.0 Å². The van der Waals surface area contributed by atoms with Gasteiger partial charge in [0.05, 0.1) is 16.6 Å². The first kappa shape index (κ1) is 31.9. The van der Waals surface area contributed by atoms with Gasteiger partial charge in [0, 0.05) is 38.4 Å². The monoisotopic (exact) mass is 716 g/mol. The number of hydrogen-bond donors (Lipinski definition) is 0. The molecule has 0 amide bonds. The maximum atomic E-state index is 6.48. The van der Waals surface area contributed by atoms with E-state index in [-0.39, 0.29) is 0 Å². The first-order chi connectivity index (χ1) is 27.7. The second kappa shape index (κ2) is 13.0. The predicted molar refractivity (Wildman–Crippen MR) is 229 cm³/mol. The van der Waals surface area contributed by atoms with Crippen LogP contribution in [0.15, 0.2) is 199 Å². The van der Waals surface area contributed by atoms with Crippen LogP contribution in [0.4, 0.5) is 0 Å². The molecule has 0 aliphatic heterocycles. The highest BCUT2D eigenvalue weighted by Crippen LogP contribution is 2.37. The van der Waals surface area contributed by atoms with E-state index in [1.807, 2.05) is 36.4 Å². The van der Waals surface area contributed by atoms with Gasteiger partial charge in [-0.2, -0.15) is 0 Å². The fraction of sp³-hybridized carbons (Fsp3) is 0. The number of fused-ring (bicyclic) bond motifs is 6. The van der Waals surface area contributed by atoms with E-state index in [0.29, 0.717) is 17.5 Å². The number of rotatable bonds is 6. The molecule has 8 aromatic carbocycles. The van der Waals surface area contributed by atoms with Crippen molar-refractivity contribution in [3.8, 4) is 62.1 Å². The van der Waals surface area contributed by atoms with Gasteiger partial charge in [-0.05, 0) is 64.7 Å². The van der Waals surface area contributed by atoms with E-state index in [9.17, 15) is 0 Å². The topological polar surface area (TPSA) is 56.7 Å². The molecule has 3 heterocycles. The molecule has 0 saturated carbocycles. The van der Waals surface area contributed by atoms with E-state index in [4.69, 9.17) is 19.4 Å². The summed E-state index contributed by atoms with van der Waals surface area (Å²) in [6, 6.07) is 67.5. The number of para-hydroxylation sites is 4. The minimum Gasteiger partial charge on any atom is -0.455 e. The maximum absolute atomic E-state index is 6.48. The summed E-state index contributed by atoms with van der Waals surface area (Å²) in [5, 5.41) is 4.52. The first-order valence-electron chi connectivity index (χ1n) is 18.8. The highest BCUT2D eigenvalue weighted by molar-refractivity contribution is 6.10. The number of hydrogen-bond acceptors (Lipinski definition) is 4. The van der Waals surface area contributed by atoms with Crippen molar-refractivity contribution < 1.29 is 4.42 Å². The Bertz CT molecular complexity index is 3200. The Morgan fingerprint density at radius 2 is 0.857 bits per heavy atom. The molecule has 0 atom stereocenters. The van der Waals surface area contributed by atoms with Crippen LogP contribution in [0.2, 0.25) is 0 Å². The standard InChI is InChI=1S/C51H32N4O/c1-2-13-33(14-3-1)36-15-10-16-37(31-36)34-27-29-35(30-28-34)49-52-50(54-51(53-49)44-23-12-22-43-42-21-6-9-26-47(42)56-48(43)44)38-17-11-18-39(32-38)55-45-24-7-4-19-40(45)41-20-5-8-25-46(41)55/h1-32H. The van der Waals surface area contributed by atoms with Crippen molar-refractivity contribution in [3.63, 3.8) is 0 Å². The van der Waals surface area contributed by atoms with Crippen LogP contribution in [0.25, 0.3) is 106 Å². The molecular weight excluding hydrogens is 685 g/mol. The van der Waals surface area contributed by atoms with E-state index in [1.54, 1.807) is 0 Å². The Labute approximate surface area is 322 Å². The molecule has 5 heteroatoms. The molecule has 0 bridgehead atoms. The first-order valence-corrected chi connectivity index (χ1v) is 18.8. The Morgan fingerprint density at radius 1 is 0.339 bits per heavy atom. The van der Waals surface area contributed by atoms with Crippen molar-refractivity contribution in [3.05, 3.63) is 194 Å². The lowest BCUT2D eigenvalue weighted by Crippen LogP contribution is -2.01. The quantitative estimate of drug-likeness (QED) is 0.172. The molecule has 0 radical (unpaired) electrons. The van der Waals surface area contributed by atoms with Crippen molar-refractivity contribution in [1.82, 2.24) is 19.5 Å². The Morgan fingerprint density at radius 3 is 1.61 bits per heavy atom. The highest BCUT2D eigenvalue weighted by Gasteiger charge is 2.19. The van der Waals surface area contributed by atoms with Gasteiger partial charge in [-0.1, -0.05) is 152 Å². The van der Waals surface area contributed by atoms with Crippen LogP contribution >= 0.6 is 0 Å². The minimum absolute atomic E-state index is 0.552. The molecule has 3 aromatic heterocycles. The SMILES string of the molecule is c1ccc(-c2cccc(-c3ccc(-c4nc(-c5cccc(-n6c7ccccc7c7ccccc76)c5)nc(-c5cccc6c5oc5ccccc56)n4)cc3)c2)cc1. The van der Waals surface area contributed by atoms with Gasteiger partial charge in [0.25, 0.3) is 0 Å². The Balaban J connectivity index is 1.06. The van der Waals surface area contributed by atoms with Gasteiger partial charge in [0.15, 0.2) is 17.5 Å². The molecule has 11 aromatic rings. The molecule has 0 fully saturated rings. The summed E-state index contributed by atoms with van der Waals surface area (Å²) in [4.78, 5) is 15.5. The summed E-state index contributed by atoms with van der Waals surface area (Å²) < 4.78 is 8.80. The lowest BCUT2D eigenvalue weighted by Gasteiger charge is -2.12. The average molecular weight is 717 g/mol. The molecule has 56 heavy (non-hydrogen) atoms. The molecule has 5 nitrogen and oxygen atoms in total. The summed E-state index contributed by atoms with van der Waals surface area (Å²) in [5.41, 5.74) is 12.2. The molecule has 0 unspecified atom stereocenters. The zero-order valence-corrected chi connectivity index (χ0v) is 30.2. The van der Waals surface area contributed by atoms with Gasteiger partial charge >= 0.3 is 0 Å². The summed E-state index contributed by atoms with van der Waals surface area (Å²) in [6.45, 7) is 0. The third kappa shape index (κ3) is 5.37. The summed E-state index contributed by atoms with van der Waals surface area (Å²) in [6.07, 6.45) is 0. The lowest BCUT2D eigenvalue weighted by atomic mass is 9.98. The van der Waals surface area contributed by atoms with E-state index in [1.165, 1.54) is 21.9 Å². The van der Waals surface area contributed by atoms with Gasteiger partial charge in [-0.3, -0.25) is 0 Å². The van der Waals surface area contributed by atoms with Crippen LogP contribution in [-0.2, 0) is 0 Å². The fourth-order valence-electron chi connectivity index (χ4n) is 7.98. The summed E-state index contributed by atoms with van der Waals surface area (Å²) >= 11 is 0. The molecule has 0 aliphatic carbocycles. The molecule has 0 saturated heterocycles. The van der Waals surface area contributed by atoms with Crippen molar-refractivity contribution in [1.29, 1.82) is 0 Å². The van der Waals surface area contributed by atoms with Crippen LogP contribution in [0.5, 0.6) is 0 Å². The van der Waals surface area contributed by atoms with Gasteiger partial charge in [0.1, 0.15) is 11.2 Å². The van der Waals surface area contributed by atoms with Crippen LogP contribution in [0.1, 0.15) is 0 Å². The zero-order chi connectivity index (χ0) is 37.0. The van der Waals surface area contributed by atoms with E-state index in [2.05, 4.69) is 162 Å². The van der Waals surface area contributed by atoms with Gasteiger partial charge in [-0.15, -0.1) is 0 Å². The van der Waals surface area contributed by atoms with Crippen molar-refractivity contribution >= 4 is 43.7 Å². The summed E-state index contributed by atoms with van der Waals surface area (Å²) in [5.74, 6) is 1.72. The van der Waals surface area contributed by atoms with Gasteiger partial charge in [0.2, 0.25) is 0 Å². The highest BCUT2D eigenvalue weighted by atomic mass is 16.3. The Hall–Kier alpha value is -7.63. The largest absolute Gasteiger partial charge is 0.455 e. The van der Waals surface area contributed by atoms with Crippen LogP contribution in [0.3, 0.4) is 0 Å². The van der Waals surface area contributed by atoms with Crippen LogP contribution < -0.4 is 0 Å². The molecule has 0 N–H and O–H groups in total. The third-order valence-electron chi connectivity index (χ3n) is 10.7. The third-order valence-corrected chi connectivity index (χ3v) is 10.7. The lowest BCUT2D eigenvalue weighted by molar-refractivity contribution is 0.669. The van der Waals surface area contributed by atoms with E-state index < -0.39 is 0 Å². The van der Waals surface area contributed by atoms with Crippen LogP contribution in [0, 0.1) is 0 Å². The molecule has 11 rings (SSSR count). The number of furan rings is 1. The number of aromatic nitrogens is 4. The number of benzene rings is 8. The molecule has 0 aliphatic rings. The molecule has 262 valence electrons. The smallest absolute Gasteiger partial charge is 0.167 e. The molecule has 0 spiro atoms. The van der Waals surface area contributed by atoms with Crippen molar-refractivity contribution in [2.45, 2.75) is 0 Å². The molecular formula is C51H32N4O.